The molecule has 17 heavy (non-hydrogen) atoms. The molecule has 1 heterocycles. The van der Waals surface area contributed by atoms with Crippen molar-refractivity contribution in [2.45, 2.75) is 6.92 Å². The molecule has 2 rings (SSSR count). The Balaban J connectivity index is 0.000000249. The Morgan fingerprint density at radius 3 is 2.47 bits per heavy atom. The van der Waals surface area contributed by atoms with Crippen LogP contribution in [0.25, 0.3) is 10.9 Å². The Morgan fingerprint density at radius 2 is 1.88 bits per heavy atom. The van der Waals surface area contributed by atoms with Gasteiger partial charge in [-0.05, 0) is 52.8 Å². The number of benzene rings is 1. The van der Waals surface area contributed by atoms with E-state index in [9.17, 15) is 9.36 Å². The summed E-state index contributed by atoms with van der Waals surface area (Å²) in [7, 11) is 0. The molecule has 0 saturated carbocycles. The quantitative estimate of drug-likeness (QED) is 0.746. The third-order valence-electron chi connectivity index (χ3n) is 1.80. The van der Waals surface area contributed by atoms with Crippen molar-refractivity contribution in [3.63, 3.8) is 0 Å². The van der Waals surface area contributed by atoms with Crippen LogP contribution in [0.2, 0.25) is 0 Å². The minimum atomic E-state index is -3.22. The fourth-order valence-electron chi connectivity index (χ4n) is 1.18. The third kappa shape index (κ3) is 5.55. The van der Waals surface area contributed by atoms with E-state index in [-0.39, 0.29) is 5.56 Å². The number of nitrogens with one attached hydrogen (secondary N) is 1. The fourth-order valence-corrected chi connectivity index (χ4v) is 1.18. The van der Waals surface area contributed by atoms with Gasteiger partial charge < -0.3 is 4.98 Å². The van der Waals surface area contributed by atoms with Crippen LogP contribution in [-0.4, -0.2) is 9.97 Å². The molecular formula is C9H8Cl3N2O2P. The summed E-state index contributed by atoms with van der Waals surface area (Å²) in [6.07, 6.45) is 1.42. The van der Waals surface area contributed by atoms with Gasteiger partial charge in [-0.15, -0.1) is 0 Å². The normalized spacial score (nSPS) is 10.8. The molecule has 0 bridgehead atoms. The van der Waals surface area contributed by atoms with Gasteiger partial charge in [0.25, 0.3) is 5.56 Å². The summed E-state index contributed by atoms with van der Waals surface area (Å²) in [5.74, 6) is 0. The Morgan fingerprint density at radius 1 is 1.29 bits per heavy atom. The highest BCUT2D eigenvalue weighted by Crippen LogP contribution is 2.61. The Kier molecular flexibility index (Phi) is 5.02. The Labute approximate surface area is 112 Å². The molecule has 1 aromatic heterocycles. The SMILES string of the molecule is Cc1ccc2nc[nH]c(=O)c2c1.O=P(Cl)(Cl)Cl. The summed E-state index contributed by atoms with van der Waals surface area (Å²) in [6, 6.07) is 5.62. The van der Waals surface area contributed by atoms with Gasteiger partial charge in [0.15, 0.2) is 0 Å². The average Bonchev–Trinajstić information content (AvgIpc) is 2.17. The lowest BCUT2D eigenvalue weighted by molar-refractivity contribution is 0.600. The van der Waals surface area contributed by atoms with Gasteiger partial charge in [0.2, 0.25) is 0 Å². The molecule has 1 N–H and O–H groups in total. The van der Waals surface area contributed by atoms with Gasteiger partial charge in [-0.3, -0.25) is 9.36 Å². The molecule has 0 unspecified atom stereocenters. The summed E-state index contributed by atoms with van der Waals surface area (Å²) >= 11 is 13.8. The van der Waals surface area contributed by atoms with Crippen molar-refractivity contribution < 1.29 is 4.57 Å². The van der Waals surface area contributed by atoms with Crippen molar-refractivity contribution in [1.82, 2.24) is 9.97 Å². The number of hydrogen-bond donors (Lipinski definition) is 1. The Hall–Kier alpha value is -0.540. The van der Waals surface area contributed by atoms with Crippen LogP contribution in [0.5, 0.6) is 0 Å². The number of halogens is 3. The van der Waals surface area contributed by atoms with E-state index in [1.165, 1.54) is 6.33 Å². The number of rotatable bonds is 0. The number of hydrogen-bond acceptors (Lipinski definition) is 3. The van der Waals surface area contributed by atoms with Crippen LogP contribution in [0.3, 0.4) is 0 Å². The van der Waals surface area contributed by atoms with E-state index in [2.05, 4.69) is 43.7 Å². The smallest absolute Gasteiger partial charge is 0.313 e. The molecule has 0 spiro atoms. The molecule has 92 valence electrons. The summed E-state index contributed by atoms with van der Waals surface area (Å²) < 4.78 is 9.51. The van der Waals surface area contributed by atoms with Crippen LogP contribution in [0.4, 0.5) is 0 Å². The van der Waals surface area contributed by atoms with Crippen molar-refractivity contribution in [1.29, 1.82) is 0 Å². The summed E-state index contributed by atoms with van der Waals surface area (Å²) in [6.45, 7) is 1.95. The number of aryl methyl sites for hydroxylation is 1. The van der Waals surface area contributed by atoms with Gasteiger partial charge in [-0.2, -0.15) is 0 Å². The molecule has 0 amide bonds. The highest BCUT2D eigenvalue weighted by Gasteiger charge is 2.03. The number of H-pyrrole nitrogens is 1. The first-order valence-electron chi connectivity index (χ1n) is 4.40. The van der Waals surface area contributed by atoms with Crippen molar-refractivity contribution in [2.75, 3.05) is 0 Å². The highest BCUT2D eigenvalue weighted by molar-refractivity contribution is 8.24. The van der Waals surface area contributed by atoms with Crippen molar-refractivity contribution >= 4 is 49.8 Å². The van der Waals surface area contributed by atoms with Crippen LogP contribution in [0.15, 0.2) is 29.3 Å². The van der Waals surface area contributed by atoms with Gasteiger partial charge in [0.1, 0.15) is 0 Å². The van der Waals surface area contributed by atoms with Gasteiger partial charge in [-0.1, -0.05) is 11.6 Å². The topological polar surface area (TPSA) is 62.8 Å². The van der Waals surface area contributed by atoms with Crippen molar-refractivity contribution in [3.05, 3.63) is 40.4 Å². The van der Waals surface area contributed by atoms with Gasteiger partial charge >= 0.3 is 5.20 Å². The van der Waals surface area contributed by atoms with E-state index in [0.29, 0.717) is 5.39 Å². The number of aromatic nitrogens is 2. The molecule has 0 aliphatic heterocycles. The minimum Gasteiger partial charge on any atom is -0.313 e. The van der Waals surface area contributed by atoms with Crippen molar-refractivity contribution in [3.8, 4) is 0 Å². The predicted molar refractivity (Wildman–Crippen MR) is 72.3 cm³/mol. The van der Waals surface area contributed by atoms with Crippen LogP contribution in [0.1, 0.15) is 5.56 Å². The van der Waals surface area contributed by atoms with E-state index in [1.54, 1.807) is 0 Å². The number of fused-ring (bicyclic) bond motifs is 1. The maximum absolute atomic E-state index is 11.2. The van der Waals surface area contributed by atoms with Crippen LogP contribution >= 0.6 is 38.9 Å². The monoisotopic (exact) mass is 312 g/mol. The molecule has 0 fully saturated rings. The second kappa shape index (κ2) is 5.87. The van der Waals surface area contributed by atoms with E-state index in [1.807, 2.05) is 25.1 Å². The second-order valence-corrected chi connectivity index (χ2v) is 9.79. The molecular weight excluding hydrogens is 305 g/mol. The lowest BCUT2D eigenvalue weighted by Crippen LogP contribution is -2.05. The fraction of sp³-hybridized carbons (Fsp3) is 0.111. The lowest BCUT2D eigenvalue weighted by atomic mass is 10.2. The van der Waals surface area contributed by atoms with E-state index in [0.717, 1.165) is 11.1 Å². The van der Waals surface area contributed by atoms with Crippen LogP contribution in [0, 0.1) is 6.92 Å². The maximum Gasteiger partial charge on any atom is 0.339 e. The molecule has 0 saturated heterocycles. The third-order valence-corrected chi connectivity index (χ3v) is 1.80. The van der Waals surface area contributed by atoms with Gasteiger partial charge in [0, 0.05) is 0 Å². The standard InChI is InChI=1S/C9H8N2O.Cl3OP/c1-6-2-3-8-7(4-6)9(12)11-5-10-8;1-5(2,3)4/h2-5H,1H3,(H,10,11,12);. The zero-order valence-corrected chi connectivity index (χ0v) is 11.8. The second-order valence-electron chi connectivity index (χ2n) is 3.15. The van der Waals surface area contributed by atoms with Gasteiger partial charge in [0.05, 0.1) is 17.2 Å². The zero-order chi connectivity index (χ0) is 13.1. The van der Waals surface area contributed by atoms with E-state index in [4.69, 9.17) is 0 Å². The molecule has 2 aromatic rings. The number of aromatic amines is 1. The molecule has 0 radical (unpaired) electrons. The molecule has 8 heteroatoms. The lowest BCUT2D eigenvalue weighted by Gasteiger charge is -1.95. The molecule has 0 aliphatic carbocycles. The maximum atomic E-state index is 11.2. The van der Waals surface area contributed by atoms with Crippen molar-refractivity contribution in [2.24, 2.45) is 0 Å². The summed E-state index contributed by atoms with van der Waals surface area (Å²) in [5.41, 5.74) is 1.73. The molecule has 0 atom stereocenters. The van der Waals surface area contributed by atoms with Crippen LogP contribution in [-0.2, 0) is 4.57 Å². The largest absolute Gasteiger partial charge is 0.339 e. The zero-order valence-electron chi connectivity index (χ0n) is 8.65. The highest BCUT2D eigenvalue weighted by atomic mass is 36.0. The first-order chi connectivity index (χ1) is 7.77. The first kappa shape index (κ1) is 14.5. The predicted octanol–water partition coefficient (Wildman–Crippen LogP) is 4.04. The molecule has 0 aliphatic rings. The summed E-state index contributed by atoms with van der Waals surface area (Å²) in [4.78, 5) is 17.8. The average molecular weight is 314 g/mol. The van der Waals surface area contributed by atoms with Gasteiger partial charge in [-0.25, -0.2) is 4.98 Å². The van der Waals surface area contributed by atoms with E-state index >= 15 is 0 Å². The first-order valence-corrected chi connectivity index (χ1v) is 8.82. The van der Waals surface area contributed by atoms with E-state index < -0.39 is 5.20 Å². The summed E-state index contributed by atoms with van der Waals surface area (Å²) in [5, 5.41) is -2.57. The molecule has 4 nitrogen and oxygen atoms in total. The number of nitrogens with zero attached hydrogens (tertiary/aromatic N) is 1. The molecule has 1 aromatic carbocycles. The Bertz CT molecular complexity index is 615. The minimum absolute atomic E-state index is 0.0799. The van der Waals surface area contributed by atoms with Crippen LogP contribution < -0.4 is 5.56 Å².